The van der Waals surface area contributed by atoms with Gasteiger partial charge in [-0.3, -0.25) is 14.9 Å². The SMILES string of the molecule is CN(C)C(=O)C1CC(C(=O)O)NC1c1ccccc1. The number of rotatable bonds is 3. The molecule has 5 nitrogen and oxygen atoms in total. The molecule has 0 aliphatic carbocycles. The van der Waals surface area contributed by atoms with Crippen LogP contribution in [0.15, 0.2) is 30.3 Å². The van der Waals surface area contributed by atoms with Crippen LogP contribution >= 0.6 is 0 Å². The third-order valence-electron chi connectivity index (χ3n) is 3.49. The van der Waals surface area contributed by atoms with Crippen molar-refractivity contribution >= 4 is 11.9 Å². The molecule has 19 heavy (non-hydrogen) atoms. The fraction of sp³-hybridized carbons (Fsp3) is 0.429. The Hall–Kier alpha value is -1.88. The lowest BCUT2D eigenvalue weighted by atomic mass is 9.92. The number of nitrogens with one attached hydrogen (secondary N) is 1. The molecular weight excluding hydrogens is 244 g/mol. The van der Waals surface area contributed by atoms with E-state index in [4.69, 9.17) is 5.11 Å². The van der Waals surface area contributed by atoms with Crippen LogP contribution in [0.1, 0.15) is 18.0 Å². The first kappa shape index (κ1) is 13.5. The Labute approximate surface area is 112 Å². The fourth-order valence-electron chi connectivity index (χ4n) is 2.53. The molecule has 1 aromatic carbocycles. The molecule has 0 aromatic heterocycles. The van der Waals surface area contributed by atoms with Crippen molar-refractivity contribution in [2.45, 2.75) is 18.5 Å². The van der Waals surface area contributed by atoms with Gasteiger partial charge in [-0.2, -0.15) is 0 Å². The summed E-state index contributed by atoms with van der Waals surface area (Å²) in [7, 11) is 3.39. The Morgan fingerprint density at radius 2 is 1.89 bits per heavy atom. The lowest BCUT2D eigenvalue weighted by Crippen LogP contribution is -2.34. The maximum absolute atomic E-state index is 12.2. The van der Waals surface area contributed by atoms with Crippen LogP contribution in [0.3, 0.4) is 0 Å². The molecular formula is C14H18N2O3. The lowest BCUT2D eigenvalue weighted by molar-refractivity contribution is -0.139. The van der Waals surface area contributed by atoms with Gasteiger partial charge in [-0.1, -0.05) is 30.3 Å². The number of hydrogen-bond donors (Lipinski definition) is 2. The minimum absolute atomic E-state index is 0.0369. The zero-order chi connectivity index (χ0) is 14.0. The molecule has 1 aliphatic heterocycles. The van der Waals surface area contributed by atoms with Gasteiger partial charge in [0.25, 0.3) is 0 Å². The molecule has 1 amide bonds. The first-order valence-corrected chi connectivity index (χ1v) is 6.25. The standard InChI is InChI=1S/C14H18N2O3/c1-16(2)13(17)10-8-11(14(18)19)15-12(10)9-6-4-3-5-7-9/h3-7,10-12,15H,8H2,1-2H3,(H,18,19). The third-order valence-corrected chi connectivity index (χ3v) is 3.49. The molecule has 1 heterocycles. The largest absolute Gasteiger partial charge is 0.480 e. The Bertz CT molecular complexity index is 473. The number of amides is 1. The van der Waals surface area contributed by atoms with E-state index in [0.717, 1.165) is 5.56 Å². The van der Waals surface area contributed by atoms with Crippen LogP contribution in [0.25, 0.3) is 0 Å². The van der Waals surface area contributed by atoms with Crippen molar-refractivity contribution < 1.29 is 14.7 Å². The van der Waals surface area contributed by atoms with E-state index < -0.39 is 12.0 Å². The van der Waals surface area contributed by atoms with Crippen molar-refractivity contribution in [2.24, 2.45) is 5.92 Å². The lowest BCUT2D eigenvalue weighted by Gasteiger charge is -2.22. The van der Waals surface area contributed by atoms with Crippen LogP contribution in [0, 0.1) is 5.92 Å². The second-order valence-electron chi connectivity index (χ2n) is 5.02. The van der Waals surface area contributed by atoms with Crippen molar-refractivity contribution in [3.05, 3.63) is 35.9 Å². The normalized spacial score (nSPS) is 26.1. The highest BCUT2D eigenvalue weighted by atomic mass is 16.4. The van der Waals surface area contributed by atoms with Crippen LogP contribution in [-0.2, 0) is 9.59 Å². The highest BCUT2D eigenvalue weighted by molar-refractivity contribution is 5.82. The van der Waals surface area contributed by atoms with Crippen LogP contribution < -0.4 is 5.32 Å². The van der Waals surface area contributed by atoms with Gasteiger partial charge in [-0.05, 0) is 12.0 Å². The van der Waals surface area contributed by atoms with E-state index in [1.165, 1.54) is 4.90 Å². The van der Waals surface area contributed by atoms with E-state index in [0.29, 0.717) is 6.42 Å². The number of aliphatic carboxylic acids is 1. The Morgan fingerprint density at radius 3 is 2.42 bits per heavy atom. The monoisotopic (exact) mass is 262 g/mol. The van der Waals surface area contributed by atoms with Gasteiger partial charge >= 0.3 is 5.97 Å². The number of benzene rings is 1. The summed E-state index contributed by atoms with van der Waals surface area (Å²) in [5.41, 5.74) is 0.950. The summed E-state index contributed by atoms with van der Waals surface area (Å²) in [6.45, 7) is 0. The third kappa shape index (κ3) is 2.76. The predicted molar refractivity (Wildman–Crippen MR) is 70.5 cm³/mol. The number of hydrogen-bond acceptors (Lipinski definition) is 3. The van der Waals surface area contributed by atoms with Crippen LogP contribution in [0.5, 0.6) is 0 Å². The molecule has 3 unspecified atom stereocenters. The van der Waals surface area contributed by atoms with Gasteiger partial charge in [-0.15, -0.1) is 0 Å². The smallest absolute Gasteiger partial charge is 0.320 e. The second kappa shape index (κ2) is 5.40. The first-order valence-electron chi connectivity index (χ1n) is 6.25. The van der Waals surface area contributed by atoms with Crippen molar-refractivity contribution in [2.75, 3.05) is 14.1 Å². The zero-order valence-corrected chi connectivity index (χ0v) is 11.0. The van der Waals surface area contributed by atoms with E-state index in [2.05, 4.69) is 5.32 Å². The second-order valence-corrected chi connectivity index (χ2v) is 5.02. The first-order chi connectivity index (χ1) is 9.00. The molecule has 0 spiro atoms. The Balaban J connectivity index is 2.28. The summed E-state index contributed by atoms with van der Waals surface area (Å²) in [5, 5.41) is 12.2. The molecule has 1 aliphatic rings. The molecule has 0 bridgehead atoms. The molecule has 1 fully saturated rings. The minimum atomic E-state index is -0.907. The average Bonchev–Trinajstić information content (AvgIpc) is 2.83. The quantitative estimate of drug-likeness (QED) is 0.848. The maximum atomic E-state index is 12.2. The van der Waals surface area contributed by atoms with Crippen molar-refractivity contribution in [1.29, 1.82) is 0 Å². The van der Waals surface area contributed by atoms with Crippen LogP contribution in [-0.4, -0.2) is 42.0 Å². The van der Waals surface area contributed by atoms with Gasteiger partial charge in [-0.25, -0.2) is 0 Å². The summed E-state index contributed by atoms with van der Waals surface area (Å²) in [5.74, 6) is -1.28. The highest BCUT2D eigenvalue weighted by Gasteiger charge is 2.42. The number of carboxylic acid groups (broad SMARTS) is 1. The molecule has 5 heteroatoms. The number of carboxylic acids is 1. The number of carbonyl (C=O) groups excluding carboxylic acids is 1. The van der Waals surface area contributed by atoms with Crippen molar-refractivity contribution in [1.82, 2.24) is 10.2 Å². The number of nitrogens with zero attached hydrogens (tertiary/aromatic N) is 1. The topological polar surface area (TPSA) is 69.6 Å². The summed E-state index contributed by atoms with van der Waals surface area (Å²) in [6, 6.07) is 8.60. The van der Waals surface area contributed by atoms with Gasteiger partial charge in [0.15, 0.2) is 0 Å². The van der Waals surface area contributed by atoms with E-state index in [1.807, 2.05) is 30.3 Å². The van der Waals surface area contributed by atoms with Crippen LogP contribution in [0.2, 0.25) is 0 Å². The van der Waals surface area contributed by atoms with Crippen molar-refractivity contribution in [3.8, 4) is 0 Å². The minimum Gasteiger partial charge on any atom is -0.480 e. The molecule has 102 valence electrons. The fourth-order valence-corrected chi connectivity index (χ4v) is 2.53. The van der Waals surface area contributed by atoms with Gasteiger partial charge in [0.2, 0.25) is 5.91 Å². The maximum Gasteiger partial charge on any atom is 0.320 e. The van der Waals surface area contributed by atoms with Gasteiger partial charge in [0.1, 0.15) is 6.04 Å². The number of carbonyl (C=O) groups is 2. The van der Waals surface area contributed by atoms with Crippen molar-refractivity contribution in [3.63, 3.8) is 0 Å². The van der Waals surface area contributed by atoms with E-state index in [1.54, 1.807) is 14.1 Å². The molecule has 0 radical (unpaired) electrons. The Morgan fingerprint density at radius 1 is 1.26 bits per heavy atom. The van der Waals surface area contributed by atoms with Gasteiger partial charge < -0.3 is 10.0 Å². The zero-order valence-electron chi connectivity index (χ0n) is 11.0. The van der Waals surface area contributed by atoms with Gasteiger partial charge in [0.05, 0.1) is 5.92 Å². The summed E-state index contributed by atoms with van der Waals surface area (Å²) in [4.78, 5) is 24.8. The summed E-state index contributed by atoms with van der Waals surface area (Å²) < 4.78 is 0. The van der Waals surface area contributed by atoms with E-state index in [-0.39, 0.29) is 17.9 Å². The highest BCUT2D eigenvalue weighted by Crippen LogP contribution is 2.33. The summed E-state index contributed by atoms with van der Waals surface area (Å²) >= 11 is 0. The van der Waals surface area contributed by atoms with E-state index >= 15 is 0 Å². The molecule has 1 saturated heterocycles. The predicted octanol–water partition coefficient (Wildman–Crippen LogP) is 0.879. The Kier molecular flexibility index (Phi) is 3.85. The molecule has 1 aromatic rings. The van der Waals surface area contributed by atoms with Crippen LogP contribution in [0.4, 0.5) is 0 Å². The molecule has 0 saturated carbocycles. The van der Waals surface area contributed by atoms with Gasteiger partial charge in [0, 0.05) is 20.1 Å². The molecule has 3 atom stereocenters. The molecule has 2 N–H and O–H groups in total. The van der Waals surface area contributed by atoms with E-state index in [9.17, 15) is 9.59 Å². The molecule has 2 rings (SSSR count). The average molecular weight is 262 g/mol. The summed E-state index contributed by atoms with van der Waals surface area (Å²) in [6.07, 6.45) is 0.325.